The van der Waals surface area contributed by atoms with Crippen molar-refractivity contribution in [2.24, 2.45) is 10.8 Å². The third-order valence-electron chi connectivity index (χ3n) is 6.05. The summed E-state index contributed by atoms with van der Waals surface area (Å²) >= 11 is 0. The number of rotatable bonds is 14. The molecule has 2 rings (SSSR count). The lowest BCUT2D eigenvalue weighted by Gasteiger charge is -2.16. The van der Waals surface area contributed by atoms with Gasteiger partial charge in [-0.3, -0.25) is 9.59 Å². The molecule has 0 bridgehead atoms. The first-order valence-electron chi connectivity index (χ1n) is 14.4. The quantitative estimate of drug-likeness (QED) is 0.128. The Hall–Kier alpha value is -4.56. The van der Waals surface area contributed by atoms with E-state index in [9.17, 15) is 20.1 Å². The van der Waals surface area contributed by atoms with E-state index in [-0.39, 0.29) is 22.7 Å². The molecule has 0 N–H and O–H groups in total. The van der Waals surface area contributed by atoms with Crippen molar-refractivity contribution in [2.45, 2.75) is 61.8 Å². The maximum atomic E-state index is 12.6. The number of nitrogens with zero attached hydrogens (tertiary/aromatic N) is 2. The summed E-state index contributed by atoms with van der Waals surface area (Å²) in [5.74, 6) is 1.67. The molecular formula is C35H42N2O6. The van der Waals surface area contributed by atoms with Crippen LogP contribution in [0.5, 0.6) is 23.0 Å². The Morgan fingerprint density at radius 2 is 1.02 bits per heavy atom. The van der Waals surface area contributed by atoms with Crippen LogP contribution >= 0.6 is 0 Å². The molecule has 2 aromatic rings. The Morgan fingerprint density at radius 3 is 1.33 bits per heavy atom. The minimum Gasteiger partial charge on any atom is -0.490 e. The van der Waals surface area contributed by atoms with E-state index in [2.05, 4.69) is 0 Å². The van der Waals surface area contributed by atoms with Gasteiger partial charge in [0.05, 0.1) is 37.6 Å². The molecule has 0 saturated heterocycles. The SMILES string of the molecule is CCOc1cc(C=C(C#N)C(=O)C(C)(C)C)ccc1OCCCOc1ccc(C=C(C#N)C(=O)C(C)(C)C)cc1OCC. The summed E-state index contributed by atoms with van der Waals surface area (Å²) in [5.41, 5.74) is 0.177. The molecule has 228 valence electrons. The number of nitriles is 2. The number of ketones is 2. The molecule has 0 spiro atoms. The first kappa shape index (κ1) is 34.6. The number of hydrogen-bond donors (Lipinski definition) is 0. The van der Waals surface area contributed by atoms with Crippen LogP contribution in [0.15, 0.2) is 47.5 Å². The number of carbonyl (C=O) groups is 2. The van der Waals surface area contributed by atoms with Gasteiger partial charge in [-0.15, -0.1) is 0 Å². The van der Waals surface area contributed by atoms with Gasteiger partial charge in [0.2, 0.25) is 0 Å². The van der Waals surface area contributed by atoms with Gasteiger partial charge in [-0.2, -0.15) is 10.5 Å². The number of carbonyl (C=O) groups excluding carboxylic acids is 2. The second-order valence-corrected chi connectivity index (χ2v) is 11.8. The zero-order valence-electron chi connectivity index (χ0n) is 26.5. The van der Waals surface area contributed by atoms with Crippen molar-refractivity contribution in [1.29, 1.82) is 10.5 Å². The Bertz CT molecular complexity index is 1330. The largest absolute Gasteiger partial charge is 0.490 e. The molecule has 8 heteroatoms. The Kier molecular flexibility index (Phi) is 12.6. The standard InChI is InChI=1S/C35H42N2O6/c1-9-40-30-20-24(18-26(22-36)32(38)34(3,4)5)12-14-28(30)42-16-11-17-43-29-15-13-25(21-31(29)41-10-2)19-27(23-37)33(39)35(6,7)8/h12-15,18-21H,9-11,16-17H2,1-8H3. The minimum atomic E-state index is -0.661. The minimum absolute atomic E-state index is 0.0835. The van der Waals surface area contributed by atoms with Gasteiger partial charge in [0, 0.05) is 17.3 Å². The highest BCUT2D eigenvalue weighted by Gasteiger charge is 2.26. The highest BCUT2D eigenvalue weighted by Crippen LogP contribution is 2.32. The molecule has 8 nitrogen and oxygen atoms in total. The van der Waals surface area contributed by atoms with Gasteiger partial charge < -0.3 is 18.9 Å². The van der Waals surface area contributed by atoms with E-state index in [0.29, 0.717) is 67.0 Å². The number of allylic oxidation sites excluding steroid dienone is 2. The normalized spacial score (nSPS) is 12.1. The molecule has 0 saturated carbocycles. The fourth-order valence-corrected chi connectivity index (χ4v) is 3.87. The third kappa shape index (κ3) is 10.3. The molecule has 0 heterocycles. The Morgan fingerprint density at radius 1 is 0.651 bits per heavy atom. The summed E-state index contributed by atoms with van der Waals surface area (Å²) in [5, 5.41) is 19.0. The smallest absolute Gasteiger partial charge is 0.178 e. The molecule has 43 heavy (non-hydrogen) atoms. The molecule has 0 unspecified atom stereocenters. The maximum absolute atomic E-state index is 12.6. The van der Waals surface area contributed by atoms with Crippen LogP contribution in [0.1, 0.15) is 72.9 Å². The van der Waals surface area contributed by atoms with Gasteiger partial charge in [-0.1, -0.05) is 53.7 Å². The molecule has 0 aliphatic heterocycles. The van der Waals surface area contributed by atoms with Gasteiger partial charge in [-0.05, 0) is 61.4 Å². The van der Waals surface area contributed by atoms with E-state index in [1.165, 1.54) is 0 Å². The lowest BCUT2D eigenvalue weighted by Crippen LogP contribution is -2.21. The molecule has 0 aliphatic rings. The van der Waals surface area contributed by atoms with Crippen molar-refractivity contribution >= 4 is 23.7 Å². The fraction of sp³-hybridized carbons (Fsp3) is 0.429. The van der Waals surface area contributed by atoms with Crippen LogP contribution in [0, 0.1) is 33.5 Å². The van der Waals surface area contributed by atoms with Crippen LogP contribution in [0.3, 0.4) is 0 Å². The lowest BCUT2D eigenvalue weighted by atomic mass is 9.86. The molecule has 0 aromatic heterocycles. The van der Waals surface area contributed by atoms with E-state index in [1.54, 1.807) is 90.1 Å². The second kappa shape index (κ2) is 15.6. The van der Waals surface area contributed by atoms with Crippen LogP contribution in [0.4, 0.5) is 0 Å². The number of ether oxygens (including phenoxy) is 4. The average Bonchev–Trinajstić information content (AvgIpc) is 2.94. The molecule has 0 fully saturated rings. The average molecular weight is 587 g/mol. The lowest BCUT2D eigenvalue weighted by molar-refractivity contribution is -0.122. The topological polar surface area (TPSA) is 119 Å². The van der Waals surface area contributed by atoms with E-state index in [4.69, 9.17) is 18.9 Å². The molecule has 2 aromatic carbocycles. The van der Waals surface area contributed by atoms with Crippen molar-refractivity contribution in [1.82, 2.24) is 0 Å². The maximum Gasteiger partial charge on any atom is 0.178 e. The summed E-state index contributed by atoms with van der Waals surface area (Å²) in [6.45, 7) is 16.0. The van der Waals surface area contributed by atoms with E-state index in [1.807, 2.05) is 26.0 Å². The highest BCUT2D eigenvalue weighted by atomic mass is 16.5. The fourth-order valence-electron chi connectivity index (χ4n) is 3.87. The van der Waals surface area contributed by atoms with Gasteiger partial charge in [0.15, 0.2) is 34.6 Å². The molecule has 0 aliphatic carbocycles. The van der Waals surface area contributed by atoms with Crippen LogP contribution in [-0.4, -0.2) is 38.0 Å². The zero-order chi connectivity index (χ0) is 32.2. The summed E-state index contributed by atoms with van der Waals surface area (Å²) < 4.78 is 23.4. The first-order chi connectivity index (χ1) is 20.2. The highest BCUT2D eigenvalue weighted by molar-refractivity contribution is 6.06. The number of hydrogen-bond acceptors (Lipinski definition) is 8. The summed E-state index contributed by atoms with van der Waals surface area (Å²) in [6.07, 6.45) is 3.69. The summed E-state index contributed by atoms with van der Waals surface area (Å²) in [7, 11) is 0. The number of benzene rings is 2. The molecule has 0 atom stereocenters. The van der Waals surface area contributed by atoms with Crippen LogP contribution in [-0.2, 0) is 9.59 Å². The van der Waals surface area contributed by atoms with E-state index >= 15 is 0 Å². The molecular weight excluding hydrogens is 544 g/mol. The van der Waals surface area contributed by atoms with Crippen molar-refractivity contribution in [3.63, 3.8) is 0 Å². The number of Topliss-reactive ketones (excluding diaryl/α,β-unsaturated/α-hetero) is 2. The van der Waals surface area contributed by atoms with Crippen LogP contribution in [0.2, 0.25) is 0 Å². The Balaban J connectivity index is 2.09. The third-order valence-corrected chi connectivity index (χ3v) is 6.05. The zero-order valence-corrected chi connectivity index (χ0v) is 26.5. The first-order valence-corrected chi connectivity index (χ1v) is 14.4. The van der Waals surface area contributed by atoms with Gasteiger partial charge in [0.25, 0.3) is 0 Å². The van der Waals surface area contributed by atoms with Gasteiger partial charge >= 0.3 is 0 Å². The van der Waals surface area contributed by atoms with E-state index in [0.717, 1.165) is 0 Å². The monoisotopic (exact) mass is 586 g/mol. The Labute approximate surface area is 255 Å². The van der Waals surface area contributed by atoms with Crippen molar-refractivity contribution in [3.05, 3.63) is 58.7 Å². The van der Waals surface area contributed by atoms with E-state index < -0.39 is 10.8 Å². The predicted molar refractivity (Wildman–Crippen MR) is 167 cm³/mol. The van der Waals surface area contributed by atoms with Gasteiger partial charge in [0.1, 0.15) is 12.1 Å². The molecule has 0 amide bonds. The van der Waals surface area contributed by atoms with Crippen LogP contribution < -0.4 is 18.9 Å². The van der Waals surface area contributed by atoms with Crippen molar-refractivity contribution in [2.75, 3.05) is 26.4 Å². The second-order valence-electron chi connectivity index (χ2n) is 11.8. The molecule has 0 radical (unpaired) electrons. The van der Waals surface area contributed by atoms with Gasteiger partial charge in [-0.25, -0.2) is 0 Å². The van der Waals surface area contributed by atoms with Crippen LogP contribution in [0.25, 0.3) is 12.2 Å². The van der Waals surface area contributed by atoms with Crippen molar-refractivity contribution in [3.8, 4) is 35.1 Å². The summed E-state index contributed by atoms with van der Waals surface area (Å²) in [6, 6.07) is 14.6. The predicted octanol–water partition coefficient (Wildman–Crippen LogP) is 7.38. The van der Waals surface area contributed by atoms with Crippen molar-refractivity contribution < 1.29 is 28.5 Å². The summed E-state index contributed by atoms with van der Waals surface area (Å²) in [4.78, 5) is 25.2.